The molecule has 2 aromatic rings. The van der Waals surface area contributed by atoms with E-state index < -0.39 is 0 Å². The Morgan fingerprint density at radius 1 is 1.04 bits per heavy atom. The molecule has 0 radical (unpaired) electrons. The van der Waals surface area contributed by atoms with E-state index in [1.807, 2.05) is 12.1 Å². The molecule has 2 heterocycles. The molecular weight excluding hydrogens is 363 g/mol. The highest BCUT2D eigenvalue weighted by molar-refractivity contribution is 6.30. The first-order chi connectivity index (χ1) is 12.6. The average molecular weight is 385 g/mol. The number of hydrogen-bond acceptors (Lipinski definition) is 2. The normalized spacial score (nSPS) is 23.3. The standard InChI is InChI=1S/C22H22Cl2N2/c1-25-14-5-9-20(25)19-7-4-15-26(22(19)24)21-8-3-2-6-18(21)16-10-12-17(23)13-11-16/h2-4,6-8,10-13,15,20,22H,5,9,14H2,1H3/t20-,22?/m0/s1. The Morgan fingerprint density at radius 2 is 1.81 bits per heavy atom. The maximum atomic E-state index is 6.97. The molecule has 2 atom stereocenters. The number of halogens is 2. The van der Waals surface area contributed by atoms with Crippen molar-refractivity contribution in [2.24, 2.45) is 0 Å². The summed E-state index contributed by atoms with van der Waals surface area (Å²) in [5.41, 5.74) is 4.49. The highest BCUT2D eigenvalue weighted by atomic mass is 35.5. The first-order valence-corrected chi connectivity index (χ1v) is 9.82. The van der Waals surface area contributed by atoms with Crippen LogP contribution in [0.3, 0.4) is 0 Å². The van der Waals surface area contributed by atoms with Crippen LogP contribution in [0.25, 0.3) is 11.1 Å². The molecular formula is C22H22Cl2N2. The fraction of sp³-hybridized carbons (Fsp3) is 0.273. The molecule has 134 valence electrons. The quantitative estimate of drug-likeness (QED) is 0.478. The molecule has 0 aliphatic carbocycles. The van der Waals surface area contributed by atoms with Crippen molar-refractivity contribution in [1.29, 1.82) is 0 Å². The summed E-state index contributed by atoms with van der Waals surface area (Å²) < 4.78 is 0. The minimum atomic E-state index is -0.181. The molecule has 2 aliphatic rings. The van der Waals surface area contributed by atoms with Crippen LogP contribution in [0.4, 0.5) is 5.69 Å². The molecule has 2 aliphatic heterocycles. The number of alkyl halides is 1. The fourth-order valence-electron chi connectivity index (χ4n) is 3.94. The van der Waals surface area contributed by atoms with Gasteiger partial charge >= 0.3 is 0 Å². The molecule has 0 spiro atoms. The van der Waals surface area contributed by atoms with E-state index >= 15 is 0 Å². The number of para-hydroxylation sites is 1. The van der Waals surface area contributed by atoms with Crippen LogP contribution < -0.4 is 4.90 Å². The predicted octanol–water partition coefficient (Wildman–Crippen LogP) is 5.93. The maximum Gasteiger partial charge on any atom is 0.131 e. The number of allylic oxidation sites excluding steroid dienone is 2. The van der Waals surface area contributed by atoms with Crippen molar-refractivity contribution < 1.29 is 0 Å². The Morgan fingerprint density at radius 3 is 2.54 bits per heavy atom. The zero-order valence-corrected chi connectivity index (χ0v) is 16.3. The Labute approximate surface area is 165 Å². The number of benzene rings is 2. The van der Waals surface area contributed by atoms with Gasteiger partial charge in [-0.1, -0.05) is 59.6 Å². The highest BCUT2D eigenvalue weighted by Crippen LogP contribution is 2.38. The van der Waals surface area contributed by atoms with Crippen LogP contribution in [0.5, 0.6) is 0 Å². The molecule has 1 fully saturated rings. The minimum Gasteiger partial charge on any atom is -0.327 e. The van der Waals surface area contributed by atoms with Gasteiger partial charge in [-0.2, -0.15) is 0 Å². The van der Waals surface area contributed by atoms with Crippen LogP contribution in [0.2, 0.25) is 5.02 Å². The highest BCUT2D eigenvalue weighted by Gasteiger charge is 2.32. The lowest BCUT2D eigenvalue weighted by atomic mass is 9.99. The van der Waals surface area contributed by atoms with Crippen LogP contribution in [0, 0.1) is 0 Å². The van der Waals surface area contributed by atoms with Gasteiger partial charge in [0.15, 0.2) is 0 Å². The van der Waals surface area contributed by atoms with Crippen molar-refractivity contribution in [1.82, 2.24) is 4.90 Å². The van der Waals surface area contributed by atoms with Gasteiger partial charge in [0.05, 0.1) is 5.69 Å². The van der Waals surface area contributed by atoms with Crippen LogP contribution in [-0.4, -0.2) is 30.0 Å². The molecule has 0 aromatic heterocycles. The lowest BCUT2D eigenvalue weighted by Crippen LogP contribution is -2.38. The van der Waals surface area contributed by atoms with E-state index in [0.717, 1.165) is 28.4 Å². The van der Waals surface area contributed by atoms with Crippen molar-refractivity contribution in [2.45, 2.75) is 24.4 Å². The SMILES string of the molecule is CN1CCC[C@H]1C1=CC=CN(c2ccccc2-c2ccc(Cl)cc2)C1Cl. The van der Waals surface area contributed by atoms with Crippen LogP contribution in [0.1, 0.15) is 12.8 Å². The summed E-state index contributed by atoms with van der Waals surface area (Å²) in [6.45, 7) is 1.14. The van der Waals surface area contributed by atoms with Gasteiger partial charge in [0.1, 0.15) is 5.50 Å². The number of nitrogens with zero attached hydrogens (tertiary/aromatic N) is 2. The number of hydrogen-bond donors (Lipinski definition) is 0. The maximum absolute atomic E-state index is 6.97. The largest absolute Gasteiger partial charge is 0.327 e. The second kappa shape index (κ2) is 7.48. The summed E-state index contributed by atoms with van der Waals surface area (Å²) in [5, 5.41) is 0.744. The van der Waals surface area contributed by atoms with Crippen LogP contribution >= 0.6 is 23.2 Å². The fourth-order valence-corrected chi connectivity index (χ4v) is 4.45. The summed E-state index contributed by atoms with van der Waals surface area (Å²) in [6.07, 6.45) is 8.77. The van der Waals surface area contributed by atoms with E-state index in [1.54, 1.807) is 0 Å². The van der Waals surface area contributed by atoms with Gasteiger partial charge < -0.3 is 4.90 Å². The van der Waals surface area contributed by atoms with Gasteiger partial charge in [-0.3, -0.25) is 4.90 Å². The Kier molecular flexibility index (Phi) is 5.08. The van der Waals surface area contributed by atoms with Gasteiger partial charge in [0.2, 0.25) is 0 Å². The lowest BCUT2D eigenvalue weighted by Gasteiger charge is -2.36. The van der Waals surface area contributed by atoms with Gasteiger partial charge in [-0.15, -0.1) is 0 Å². The van der Waals surface area contributed by atoms with E-state index in [9.17, 15) is 0 Å². The van der Waals surface area contributed by atoms with Gasteiger partial charge in [0.25, 0.3) is 0 Å². The average Bonchev–Trinajstić information content (AvgIpc) is 3.08. The smallest absolute Gasteiger partial charge is 0.131 e. The van der Waals surface area contributed by atoms with Crippen LogP contribution in [-0.2, 0) is 0 Å². The van der Waals surface area contributed by atoms with E-state index in [0.29, 0.717) is 6.04 Å². The van der Waals surface area contributed by atoms with E-state index in [-0.39, 0.29) is 5.50 Å². The molecule has 2 aromatic carbocycles. The van der Waals surface area contributed by atoms with Crippen molar-refractivity contribution in [3.05, 3.63) is 77.5 Å². The monoisotopic (exact) mass is 384 g/mol. The summed E-state index contributed by atoms with van der Waals surface area (Å²) in [5.74, 6) is 0. The van der Waals surface area contributed by atoms with Crippen molar-refractivity contribution in [3.63, 3.8) is 0 Å². The lowest BCUT2D eigenvalue weighted by molar-refractivity contribution is 0.340. The molecule has 2 nitrogen and oxygen atoms in total. The molecule has 4 rings (SSSR count). The number of anilines is 1. The number of likely N-dealkylation sites (N-methyl/N-ethyl adjacent to an activating group) is 1. The van der Waals surface area contributed by atoms with Crippen molar-refractivity contribution >= 4 is 28.9 Å². The van der Waals surface area contributed by atoms with E-state index in [1.165, 1.54) is 18.4 Å². The second-order valence-electron chi connectivity index (χ2n) is 6.91. The topological polar surface area (TPSA) is 6.48 Å². The first-order valence-electron chi connectivity index (χ1n) is 9.01. The third-order valence-electron chi connectivity index (χ3n) is 5.30. The second-order valence-corrected chi connectivity index (χ2v) is 7.76. The predicted molar refractivity (Wildman–Crippen MR) is 112 cm³/mol. The third kappa shape index (κ3) is 3.29. The molecule has 0 bridgehead atoms. The molecule has 0 amide bonds. The molecule has 1 unspecified atom stereocenters. The van der Waals surface area contributed by atoms with E-state index in [4.69, 9.17) is 23.2 Å². The van der Waals surface area contributed by atoms with Crippen molar-refractivity contribution in [3.8, 4) is 11.1 Å². The molecule has 0 saturated carbocycles. The van der Waals surface area contributed by atoms with Gasteiger partial charge in [0, 0.05) is 22.8 Å². The number of rotatable bonds is 3. The zero-order valence-electron chi connectivity index (χ0n) is 14.8. The van der Waals surface area contributed by atoms with Gasteiger partial charge in [-0.05, 0) is 61.8 Å². The van der Waals surface area contributed by atoms with E-state index in [2.05, 4.69) is 71.6 Å². The molecule has 0 N–H and O–H groups in total. The summed E-state index contributed by atoms with van der Waals surface area (Å²) in [4.78, 5) is 4.58. The third-order valence-corrected chi connectivity index (χ3v) is 6.01. The Bertz CT molecular complexity index is 841. The summed E-state index contributed by atoms with van der Waals surface area (Å²) in [6, 6.07) is 16.8. The number of likely N-dealkylation sites (tertiary alicyclic amines) is 1. The molecule has 26 heavy (non-hydrogen) atoms. The Hall–Kier alpha value is -1.74. The molecule has 1 saturated heterocycles. The first kappa shape index (κ1) is 17.7. The van der Waals surface area contributed by atoms with Gasteiger partial charge in [-0.25, -0.2) is 0 Å². The van der Waals surface area contributed by atoms with Crippen LogP contribution in [0.15, 0.2) is 72.5 Å². The minimum absolute atomic E-state index is 0.181. The Balaban J connectivity index is 1.69. The summed E-state index contributed by atoms with van der Waals surface area (Å²) >= 11 is 13.0. The molecule has 4 heteroatoms. The van der Waals surface area contributed by atoms with Crippen molar-refractivity contribution in [2.75, 3.05) is 18.5 Å². The summed E-state index contributed by atoms with van der Waals surface area (Å²) in [7, 11) is 2.19. The zero-order chi connectivity index (χ0) is 18.1.